The van der Waals surface area contributed by atoms with E-state index in [-0.39, 0.29) is 18.1 Å². The standard InChI is InChI=1S/C23H27N5O2/c1-23(2,3)30-22(29)27-16-19(18-12-8-5-9-13-18)14-20(27)21-24-26-28(25-21)15-17-10-6-4-7-11-17/h4-13,19-20H,14-16H2,1-3H3. The van der Waals surface area contributed by atoms with Crippen molar-refractivity contribution in [2.24, 2.45) is 0 Å². The van der Waals surface area contributed by atoms with Gasteiger partial charge in [-0.1, -0.05) is 60.7 Å². The van der Waals surface area contributed by atoms with Gasteiger partial charge in [-0.3, -0.25) is 4.90 Å². The summed E-state index contributed by atoms with van der Waals surface area (Å²) in [6, 6.07) is 20.0. The number of ether oxygens (including phenoxy) is 1. The predicted molar refractivity (Wildman–Crippen MR) is 113 cm³/mol. The van der Waals surface area contributed by atoms with E-state index < -0.39 is 5.60 Å². The van der Waals surface area contributed by atoms with Crippen molar-refractivity contribution in [3.63, 3.8) is 0 Å². The van der Waals surface area contributed by atoms with E-state index in [1.165, 1.54) is 5.56 Å². The van der Waals surface area contributed by atoms with Crippen LogP contribution in [-0.2, 0) is 11.3 Å². The maximum atomic E-state index is 12.9. The largest absolute Gasteiger partial charge is 0.444 e. The lowest BCUT2D eigenvalue weighted by atomic mass is 9.96. The van der Waals surface area contributed by atoms with Gasteiger partial charge in [0.1, 0.15) is 5.60 Å². The van der Waals surface area contributed by atoms with E-state index in [1.54, 1.807) is 9.70 Å². The molecule has 1 aliphatic heterocycles. The molecule has 1 aliphatic rings. The van der Waals surface area contributed by atoms with Crippen LogP contribution in [0.25, 0.3) is 0 Å². The third-order valence-corrected chi connectivity index (χ3v) is 5.13. The average molecular weight is 406 g/mol. The fourth-order valence-corrected chi connectivity index (χ4v) is 3.77. The van der Waals surface area contributed by atoms with Gasteiger partial charge in [0.05, 0.1) is 12.6 Å². The summed E-state index contributed by atoms with van der Waals surface area (Å²) in [5.74, 6) is 0.750. The second kappa shape index (κ2) is 8.26. The van der Waals surface area contributed by atoms with Crippen molar-refractivity contribution in [1.29, 1.82) is 0 Å². The van der Waals surface area contributed by atoms with Gasteiger partial charge < -0.3 is 4.74 Å². The van der Waals surface area contributed by atoms with Crippen LogP contribution < -0.4 is 0 Å². The summed E-state index contributed by atoms with van der Waals surface area (Å²) in [4.78, 5) is 16.3. The molecule has 30 heavy (non-hydrogen) atoms. The molecule has 0 bridgehead atoms. The van der Waals surface area contributed by atoms with Crippen molar-refractivity contribution in [2.45, 2.75) is 51.3 Å². The molecular weight excluding hydrogens is 378 g/mol. The maximum Gasteiger partial charge on any atom is 0.410 e. The third-order valence-electron chi connectivity index (χ3n) is 5.13. The van der Waals surface area contributed by atoms with E-state index in [9.17, 15) is 4.79 Å². The van der Waals surface area contributed by atoms with E-state index in [2.05, 4.69) is 27.5 Å². The molecule has 2 unspecified atom stereocenters. The first-order valence-electron chi connectivity index (χ1n) is 10.3. The van der Waals surface area contributed by atoms with Crippen LogP contribution in [-0.4, -0.2) is 43.3 Å². The summed E-state index contributed by atoms with van der Waals surface area (Å²) < 4.78 is 5.66. The number of tetrazole rings is 1. The smallest absolute Gasteiger partial charge is 0.410 e. The van der Waals surface area contributed by atoms with Crippen molar-refractivity contribution < 1.29 is 9.53 Å². The zero-order chi connectivity index (χ0) is 21.1. The molecule has 1 fully saturated rings. The lowest BCUT2D eigenvalue weighted by Gasteiger charge is -2.27. The molecule has 2 atom stereocenters. The summed E-state index contributed by atoms with van der Waals surface area (Å²) in [6.45, 7) is 6.73. The van der Waals surface area contributed by atoms with Crippen LogP contribution in [0.3, 0.4) is 0 Å². The zero-order valence-corrected chi connectivity index (χ0v) is 17.6. The minimum absolute atomic E-state index is 0.199. The lowest BCUT2D eigenvalue weighted by Crippen LogP contribution is -2.37. The second-order valence-corrected chi connectivity index (χ2v) is 8.66. The van der Waals surface area contributed by atoms with Gasteiger partial charge in [0, 0.05) is 12.5 Å². The summed E-state index contributed by atoms with van der Waals surface area (Å²) in [5, 5.41) is 13.1. The van der Waals surface area contributed by atoms with E-state index in [0.29, 0.717) is 18.9 Å². The Balaban J connectivity index is 1.57. The molecule has 0 spiro atoms. The van der Waals surface area contributed by atoms with Crippen LogP contribution in [0.15, 0.2) is 60.7 Å². The quantitative estimate of drug-likeness (QED) is 0.651. The molecule has 4 rings (SSSR count). The van der Waals surface area contributed by atoms with E-state index in [4.69, 9.17) is 4.74 Å². The number of carbonyl (C=O) groups excluding carboxylic acids is 1. The fourth-order valence-electron chi connectivity index (χ4n) is 3.77. The van der Waals surface area contributed by atoms with Gasteiger partial charge in [0.2, 0.25) is 0 Å². The molecule has 1 aromatic heterocycles. The maximum absolute atomic E-state index is 12.9. The first kappa shape index (κ1) is 20.1. The predicted octanol–water partition coefficient (Wildman–Crippen LogP) is 4.19. The molecule has 7 heteroatoms. The summed E-state index contributed by atoms with van der Waals surface area (Å²) in [5.41, 5.74) is 1.73. The Morgan fingerprint density at radius 3 is 2.40 bits per heavy atom. The number of likely N-dealkylation sites (tertiary alicyclic amines) is 1. The SMILES string of the molecule is CC(C)(C)OC(=O)N1CC(c2ccccc2)CC1c1nnn(Cc2ccccc2)n1. The normalized spacial score (nSPS) is 19.1. The van der Waals surface area contributed by atoms with Crippen molar-refractivity contribution in [2.75, 3.05) is 6.54 Å². The number of rotatable bonds is 4. The number of amides is 1. The van der Waals surface area contributed by atoms with Crippen molar-refractivity contribution >= 4 is 6.09 Å². The Labute approximate surface area is 176 Å². The minimum atomic E-state index is -0.565. The van der Waals surface area contributed by atoms with Crippen LogP contribution in [0.4, 0.5) is 4.79 Å². The Morgan fingerprint density at radius 2 is 1.73 bits per heavy atom. The van der Waals surface area contributed by atoms with Gasteiger partial charge in [-0.15, -0.1) is 10.2 Å². The van der Waals surface area contributed by atoms with Crippen molar-refractivity contribution in [3.8, 4) is 0 Å². The number of hydrogen-bond acceptors (Lipinski definition) is 5. The molecular formula is C23H27N5O2. The molecule has 0 N–H and O–H groups in total. The highest BCUT2D eigenvalue weighted by Crippen LogP contribution is 2.39. The highest BCUT2D eigenvalue weighted by atomic mass is 16.6. The third kappa shape index (κ3) is 4.67. The summed E-state index contributed by atoms with van der Waals surface area (Å²) in [6.07, 6.45) is 0.394. The van der Waals surface area contributed by atoms with Crippen molar-refractivity contribution in [3.05, 3.63) is 77.6 Å². The first-order chi connectivity index (χ1) is 14.4. The second-order valence-electron chi connectivity index (χ2n) is 8.66. The molecule has 2 aromatic carbocycles. The number of carbonyl (C=O) groups is 1. The van der Waals surface area contributed by atoms with E-state index in [0.717, 1.165) is 12.0 Å². The Hall–Kier alpha value is -3.22. The van der Waals surface area contributed by atoms with Crippen molar-refractivity contribution in [1.82, 2.24) is 25.1 Å². The van der Waals surface area contributed by atoms with E-state index in [1.807, 2.05) is 69.3 Å². The Kier molecular flexibility index (Phi) is 5.53. The van der Waals surface area contributed by atoms with Crippen LogP contribution in [0.2, 0.25) is 0 Å². The molecule has 0 radical (unpaired) electrons. The summed E-state index contributed by atoms with van der Waals surface area (Å²) >= 11 is 0. The zero-order valence-electron chi connectivity index (χ0n) is 17.6. The van der Waals surface area contributed by atoms with Gasteiger partial charge >= 0.3 is 6.09 Å². The van der Waals surface area contributed by atoms with E-state index >= 15 is 0 Å². The van der Waals surface area contributed by atoms with Crippen LogP contribution in [0.1, 0.15) is 56.1 Å². The number of hydrogen-bond donors (Lipinski definition) is 0. The van der Waals surface area contributed by atoms with Gasteiger partial charge in [0.25, 0.3) is 0 Å². The van der Waals surface area contributed by atoms with Crippen LogP contribution in [0.5, 0.6) is 0 Å². The molecule has 1 saturated heterocycles. The molecule has 3 aromatic rings. The number of nitrogens with zero attached hydrogens (tertiary/aromatic N) is 5. The van der Waals surface area contributed by atoms with Crippen LogP contribution >= 0.6 is 0 Å². The highest BCUT2D eigenvalue weighted by molar-refractivity contribution is 5.69. The van der Waals surface area contributed by atoms with Gasteiger partial charge in [-0.25, -0.2) is 4.79 Å². The lowest BCUT2D eigenvalue weighted by molar-refractivity contribution is 0.0216. The van der Waals surface area contributed by atoms with Gasteiger partial charge in [-0.05, 0) is 43.5 Å². The minimum Gasteiger partial charge on any atom is -0.444 e. The number of aromatic nitrogens is 4. The monoisotopic (exact) mass is 405 g/mol. The average Bonchev–Trinajstić information content (AvgIpc) is 3.35. The molecule has 2 heterocycles. The Bertz CT molecular complexity index is 982. The fraction of sp³-hybridized carbons (Fsp3) is 0.391. The van der Waals surface area contributed by atoms with Gasteiger partial charge in [-0.2, -0.15) is 4.80 Å². The molecule has 0 saturated carbocycles. The summed E-state index contributed by atoms with van der Waals surface area (Å²) in [7, 11) is 0. The highest BCUT2D eigenvalue weighted by Gasteiger charge is 2.41. The first-order valence-corrected chi connectivity index (χ1v) is 10.3. The molecule has 156 valence electrons. The van der Waals surface area contributed by atoms with Crippen LogP contribution in [0, 0.1) is 0 Å². The molecule has 1 amide bonds. The molecule has 0 aliphatic carbocycles. The topological polar surface area (TPSA) is 73.1 Å². The number of benzene rings is 2. The Morgan fingerprint density at radius 1 is 1.07 bits per heavy atom. The van der Waals surface area contributed by atoms with Gasteiger partial charge in [0.15, 0.2) is 5.82 Å². The molecule has 7 nitrogen and oxygen atoms in total.